The molecule has 0 aliphatic carbocycles. The molecule has 0 atom stereocenters. The van der Waals surface area contributed by atoms with Crippen LogP contribution in [0.5, 0.6) is 0 Å². The first-order valence-corrected chi connectivity index (χ1v) is 6.29. The normalized spacial score (nSPS) is 10.5. The van der Waals surface area contributed by atoms with Crippen molar-refractivity contribution in [3.05, 3.63) is 23.6 Å². The molecule has 2 N–H and O–H groups in total. The van der Waals surface area contributed by atoms with Gasteiger partial charge in [0.2, 0.25) is 6.39 Å². The van der Waals surface area contributed by atoms with Gasteiger partial charge in [0.15, 0.2) is 5.82 Å². The van der Waals surface area contributed by atoms with E-state index >= 15 is 0 Å². The van der Waals surface area contributed by atoms with Crippen molar-refractivity contribution in [2.45, 2.75) is 33.7 Å². The van der Waals surface area contributed by atoms with Crippen molar-refractivity contribution < 1.29 is 4.52 Å². The molecule has 0 saturated heterocycles. The molecule has 19 heavy (non-hydrogen) atoms. The van der Waals surface area contributed by atoms with Gasteiger partial charge in [0.25, 0.3) is 0 Å². The zero-order valence-electron chi connectivity index (χ0n) is 11.4. The average Bonchev–Trinajstić information content (AvgIpc) is 2.91. The zero-order valence-corrected chi connectivity index (χ0v) is 11.4. The van der Waals surface area contributed by atoms with E-state index in [4.69, 9.17) is 0 Å². The Balaban J connectivity index is 2.12. The third-order valence-corrected chi connectivity index (χ3v) is 2.62. The van der Waals surface area contributed by atoms with Gasteiger partial charge in [-0.15, -0.1) is 0 Å². The monoisotopic (exact) mass is 262 g/mol. The van der Waals surface area contributed by atoms with E-state index in [-0.39, 0.29) is 0 Å². The standard InChI is InChI=1S/C12H18N6O/c1-4-5-13-11-8(2)12(17-9(3)16-11)14-6-10-15-7-19-18-10/h7H,4-6H2,1-3H3,(H2,13,14,16,17). The van der Waals surface area contributed by atoms with Crippen LogP contribution in [0.2, 0.25) is 0 Å². The second-order valence-corrected chi connectivity index (χ2v) is 4.22. The third kappa shape index (κ3) is 3.40. The molecule has 0 fully saturated rings. The molecule has 7 heteroatoms. The summed E-state index contributed by atoms with van der Waals surface area (Å²) < 4.78 is 4.69. The van der Waals surface area contributed by atoms with Crippen molar-refractivity contribution in [3.63, 3.8) is 0 Å². The topological polar surface area (TPSA) is 88.8 Å². The lowest BCUT2D eigenvalue weighted by Crippen LogP contribution is -2.11. The summed E-state index contributed by atoms with van der Waals surface area (Å²) in [7, 11) is 0. The minimum Gasteiger partial charge on any atom is -0.370 e. The van der Waals surface area contributed by atoms with Gasteiger partial charge in [0, 0.05) is 12.1 Å². The minimum absolute atomic E-state index is 0.473. The first kappa shape index (κ1) is 13.3. The highest BCUT2D eigenvalue weighted by molar-refractivity contribution is 5.57. The fraction of sp³-hybridized carbons (Fsp3) is 0.500. The molecule has 0 spiro atoms. The molecule has 0 saturated carbocycles. The molecule has 0 aliphatic rings. The maximum Gasteiger partial charge on any atom is 0.213 e. The Morgan fingerprint density at radius 1 is 1.16 bits per heavy atom. The van der Waals surface area contributed by atoms with E-state index in [1.165, 1.54) is 6.39 Å². The van der Waals surface area contributed by atoms with Crippen molar-refractivity contribution in [1.82, 2.24) is 20.1 Å². The van der Waals surface area contributed by atoms with Crippen LogP contribution in [0.3, 0.4) is 0 Å². The Hall–Kier alpha value is -2.18. The van der Waals surface area contributed by atoms with Gasteiger partial charge in [-0.3, -0.25) is 0 Å². The summed E-state index contributed by atoms with van der Waals surface area (Å²) in [4.78, 5) is 12.8. The molecule has 0 unspecified atom stereocenters. The van der Waals surface area contributed by atoms with Crippen molar-refractivity contribution in [3.8, 4) is 0 Å². The maximum absolute atomic E-state index is 4.69. The number of hydrogen-bond acceptors (Lipinski definition) is 7. The lowest BCUT2D eigenvalue weighted by molar-refractivity contribution is 0.411. The molecule has 0 amide bonds. The van der Waals surface area contributed by atoms with E-state index in [0.29, 0.717) is 12.4 Å². The minimum atomic E-state index is 0.473. The van der Waals surface area contributed by atoms with E-state index < -0.39 is 0 Å². The molecular formula is C12H18N6O. The van der Waals surface area contributed by atoms with Crippen LogP contribution >= 0.6 is 0 Å². The number of hydrogen-bond donors (Lipinski definition) is 2. The zero-order chi connectivity index (χ0) is 13.7. The van der Waals surface area contributed by atoms with Crippen LogP contribution in [-0.2, 0) is 6.54 Å². The maximum atomic E-state index is 4.69. The number of nitrogens with zero attached hydrogens (tertiary/aromatic N) is 4. The third-order valence-electron chi connectivity index (χ3n) is 2.62. The van der Waals surface area contributed by atoms with Gasteiger partial charge in [-0.25, -0.2) is 9.97 Å². The van der Waals surface area contributed by atoms with E-state index in [0.717, 1.165) is 36.0 Å². The van der Waals surface area contributed by atoms with Gasteiger partial charge in [-0.2, -0.15) is 4.98 Å². The van der Waals surface area contributed by atoms with E-state index in [9.17, 15) is 0 Å². The predicted octanol–water partition coefficient (Wildman–Crippen LogP) is 1.91. The summed E-state index contributed by atoms with van der Waals surface area (Å²) in [5, 5.41) is 10.2. The summed E-state index contributed by atoms with van der Waals surface area (Å²) in [6.45, 7) is 7.33. The predicted molar refractivity (Wildman–Crippen MR) is 71.9 cm³/mol. The second-order valence-electron chi connectivity index (χ2n) is 4.22. The van der Waals surface area contributed by atoms with Crippen LogP contribution in [0, 0.1) is 13.8 Å². The van der Waals surface area contributed by atoms with Crippen molar-refractivity contribution >= 4 is 11.6 Å². The fourth-order valence-corrected chi connectivity index (χ4v) is 1.65. The van der Waals surface area contributed by atoms with E-state index in [1.54, 1.807) is 0 Å². The van der Waals surface area contributed by atoms with Gasteiger partial charge in [-0.05, 0) is 20.3 Å². The summed E-state index contributed by atoms with van der Waals surface area (Å²) in [6.07, 6.45) is 2.36. The number of anilines is 2. The first-order valence-electron chi connectivity index (χ1n) is 6.29. The van der Waals surface area contributed by atoms with Gasteiger partial charge >= 0.3 is 0 Å². The summed E-state index contributed by atoms with van der Waals surface area (Å²) in [5.74, 6) is 2.97. The highest BCUT2D eigenvalue weighted by Crippen LogP contribution is 2.20. The summed E-state index contributed by atoms with van der Waals surface area (Å²) >= 11 is 0. The number of rotatable bonds is 6. The highest BCUT2D eigenvalue weighted by atomic mass is 16.5. The number of aryl methyl sites for hydroxylation is 1. The molecule has 0 bridgehead atoms. The molecule has 2 aromatic rings. The van der Waals surface area contributed by atoms with Gasteiger partial charge in [0.05, 0.1) is 6.54 Å². The average molecular weight is 262 g/mol. The SMILES string of the molecule is CCCNc1nc(C)nc(NCc2ncon2)c1C. The Bertz CT molecular complexity index is 525. The van der Waals surface area contributed by atoms with Gasteiger partial charge in [0.1, 0.15) is 17.5 Å². The number of nitrogens with one attached hydrogen (secondary N) is 2. The molecule has 0 aliphatic heterocycles. The van der Waals surface area contributed by atoms with Crippen molar-refractivity contribution in [1.29, 1.82) is 0 Å². The number of aromatic nitrogens is 4. The molecule has 2 heterocycles. The smallest absolute Gasteiger partial charge is 0.213 e. The molecule has 102 valence electrons. The summed E-state index contributed by atoms with van der Waals surface area (Å²) in [5.41, 5.74) is 0.988. The second kappa shape index (κ2) is 6.12. The lowest BCUT2D eigenvalue weighted by atomic mass is 10.3. The van der Waals surface area contributed by atoms with Gasteiger partial charge < -0.3 is 15.2 Å². The Morgan fingerprint density at radius 3 is 2.53 bits per heavy atom. The molecule has 0 radical (unpaired) electrons. The van der Waals surface area contributed by atoms with E-state index in [2.05, 4.69) is 42.2 Å². The van der Waals surface area contributed by atoms with Crippen LogP contribution in [-0.4, -0.2) is 26.7 Å². The fourth-order valence-electron chi connectivity index (χ4n) is 1.65. The van der Waals surface area contributed by atoms with Crippen LogP contribution < -0.4 is 10.6 Å². The largest absolute Gasteiger partial charge is 0.370 e. The highest BCUT2D eigenvalue weighted by Gasteiger charge is 2.09. The molecule has 0 aromatic carbocycles. The molecule has 7 nitrogen and oxygen atoms in total. The molecule has 2 rings (SSSR count). The molecule has 2 aromatic heterocycles. The van der Waals surface area contributed by atoms with Crippen LogP contribution in [0.25, 0.3) is 0 Å². The van der Waals surface area contributed by atoms with E-state index in [1.807, 2.05) is 13.8 Å². The lowest BCUT2D eigenvalue weighted by Gasteiger charge is -2.13. The summed E-state index contributed by atoms with van der Waals surface area (Å²) in [6, 6.07) is 0. The Kier molecular flexibility index (Phi) is 4.27. The molecular weight excluding hydrogens is 244 g/mol. The Morgan fingerprint density at radius 2 is 1.89 bits per heavy atom. The first-order chi connectivity index (χ1) is 9.20. The van der Waals surface area contributed by atoms with Crippen LogP contribution in [0.15, 0.2) is 10.9 Å². The van der Waals surface area contributed by atoms with Crippen molar-refractivity contribution in [2.24, 2.45) is 0 Å². The van der Waals surface area contributed by atoms with Crippen molar-refractivity contribution in [2.75, 3.05) is 17.2 Å². The Labute approximate surface area is 111 Å². The van der Waals surface area contributed by atoms with Crippen LogP contribution in [0.1, 0.15) is 30.6 Å². The quantitative estimate of drug-likeness (QED) is 0.821. The van der Waals surface area contributed by atoms with Gasteiger partial charge in [-0.1, -0.05) is 12.1 Å². The van der Waals surface area contributed by atoms with Crippen LogP contribution in [0.4, 0.5) is 11.6 Å².